The van der Waals surface area contributed by atoms with Crippen molar-refractivity contribution in [2.24, 2.45) is 0 Å². The molecule has 0 spiro atoms. The first-order valence-corrected chi connectivity index (χ1v) is 11.5. The lowest BCUT2D eigenvalue weighted by molar-refractivity contribution is 0.00536. The van der Waals surface area contributed by atoms with Gasteiger partial charge in [-0.15, -0.1) is 0 Å². The topological polar surface area (TPSA) is 88.5 Å². The Morgan fingerprint density at radius 3 is 2.58 bits per heavy atom. The Morgan fingerprint density at radius 1 is 1.06 bits per heavy atom. The van der Waals surface area contributed by atoms with Crippen LogP contribution < -0.4 is 9.47 Å². The van der Waals surface area contributed by atoms with Crippen LogP contribution in [0.15, 0.2) is 47.4 Å². The van der Waals surface area contributed by atoms with Gasteiger partial charge in [0.2, 0.25) is 16.8 Å². The quantitative estimate of drug-likeness (QED) is 0.648. The highest BCUT2D eigenvalue weighted by Crippen LogP contribution is 2.32. The lowest BCUT2D eigenvalue weighted by Crippen LogP contribution is -2.50. The molecular formula is C21H25FN2O6S. The molecule has 2 heterocycles. The molecule has 0 amide bonds. The fourth-order valence-corrected chi connectivity index (χ4v) is 5.13. The van der Waals surface area contributed by atoms with Crippen LogP contribution in [0.3, 0.4) is 0 Å². The van der Waals surface area contributed by atoms with Gasteiger partial charge in [0.15, 0.2) is 11.5 Å². The summed E-state index contributed by atoms with van der Waals surface area (Å²) in [6.07, 6.45) is -0.705. The van der Waals surface area contributed by atoms with E-state index in [4.69, 9.17) is 14.2 Å². The van der Waals surface area contributed by atoms with E-state index in [1.165, 1.54) is 22.5 Å². The summed E-state index contributed by atoms with van der Waals surface area (Å²) in [4.78, 5) is 1.67. The lowest BCUT2D eigenvalue weighted by atomic mass is 10.2. The maximum absolute atomic E-state index is 13.9. The fourth-order valence-electron chi connectivity index (χ4n) is 3.64. The number of fused-ring (bicyclic) bond motifs is 1. The van der Waals surface area contributed by atoms with E-state index in [0.717, 1.165) is 11.6 Å². The summed E-state index contributed by atoms with van der Waals surface area (Å²) in [7, 11) is -3.87. The van der Waals surface area contributed by atoms with Crippen molar-refractivity contribution in [2.75, 3.05) is 46.1 Å². The Balaban J connectivity index is 1.21. The van der Waals surface area contributed by atoms with Crippen LogP contribution in [0.1, 0.15) is 5.56 Å². The van der Waals surface area contributed by atoms with E-state index in [-0.39, 0.29) is 31.4 Å². The molecule has 0 aliphatic carbocycles. The van der Waals surface area contributed by atoms with Gasteiger partial charge >= 0.3 is 0 Å². The summed E-state index contributed by atoms with van der Waals surface area (Å²) in [6, 6.07) is 10.9. The van der Waals surface area contributed by atoms with Gasteiger partial charge < -0.3 is 19.3 Å². The highest BCUT2D eigenvalue weighted by Gasteiger charge is 2.30. The highest BCUT2D eigenvalue weighted by molar-refractivity contribution is 7.89. The van der Waals surface area contributed by atoms with Crippen molar-refractivity contribution in [3.63, 3.8) is 0 Å². The number of aliphatic hydroxyl groups is 1. The van der Waals surface area contributed by atoms with E-state index >= 15 is 0 Å². The SMILES string of the molecule is O=S(=O)(c1ccccc1F)N1CCN(C[C@H](O)COCc2ccc3c(c2)OCO3)CC1. The molecule has 1 N–H and O–H groups in total. The van der Waals surface area contributed by atoms with E-state index < -0.39 is 21.9 Å². The van der Waals surface area contributed by atoms with Crippen LogP contribution in [-0.4, -0.2) is 75.0 Å². The molecule has 2 aromatic carbocycles. The van der Waals surface area contributed by atoms with Crippen molar-refractivity contribution in [3.8, 4) is 11.5 Å². The van der Waals surface area contributed by atoms with Crippen molar-refractivity contribution in [1.82, 2.24) is 9.21 Å². The number of ether oxygens (including phenoxy) is 3. The Morgan fingerprint density at radius 2 is 1.81 bits per heavy atom. The molecule has 31 heavy (non-hydrogen) atoms. The largest absolute Gasteiger partial charge is 0.454 e. The molecule has 0 saturated carbocycles. The average molecular weight is 453 g/mol. The first-order valence-electron chi connectivity index (χ1n) is 10.0. The molecule has 10 heteroatoms. The van der Waals surface area contributed by atoms with Crippen molar-refractivity contribution >= 4 is 10.0 Å². The van der Waals surface area contributed by atoms with E-state index in [1.54, 1.807) is 0 Å². The number of β-amino-alcohol motifs (C(OH)–C–C–N with tert-alkyl or cyclic N) is 1. The molecule has 0 radical (unpaired) electrons. The number of aliphatic hydroxyl groups excluding tert-OH is 1. The zero-order chi connectivity index (χ0) is 21.8. The summed E-state index contributed by atoms with van der Waals surface area (Å²) < 4.78 is 56.7. The minimum Gasteiger partial charge on any atom is -0.454 e. The van der Waals surface area contributed by atoms with Gasteiger partial charge in [-0.2, -0.15) is 4.31 Å². The molecule has 2 aliphatic heterocycles. The van der Waals surface area contributed by atoms with Crippen LogP contribution >= 0.6 is 0 Å². The second kappa shape index (κ2) is 9.49. The molecular weight excluding hydrogens is 427 g/mol. The molecule has 4 rings (SSSR count). The zero-order valence-electron chi connectivity index (χ0n) is 16.9. The van der Waals surface area contributed by atoms with Crippen molar-refractivity contribution in [1.29, 1.82) is 0 Å². The third-order valence-electron chi connectivity index (χ3n) is 5.27. The van der Waals surface area contributed by atoms with Gasteiger partial charge in [0.25, 0.3) is 0 Å². The van der Waals surface area contributed by atoms with Gasteiger partial charge in [-0.25, -0.2) is 12.8 Å². The summed E-state index contributed by atoms with van der Waals surface area (Å²) in [5.74, 6) is 0.643. The van der Waals surface area contributed by atoms with Gasteiger partial charge in [0, 0.05) is 32.7 Å². The van der Waals surface area contributed by atoms with E-state index in [1.807, 2.05) is 23.1 Å². The van der Waals surface area contributed by atoms with E-state index in [9.17, 15) is 17.9 Å². The third-order valence-corrected chi connectivity index (χ3v) is 7.20. The second-order valence-electron chi connectivity index (χ2n) is 7.49. The molecule has 2 aromatic rings. The van der Waals surface area contributed by atoms with Crippen molar-refractivity contribution in [2.45, 2.75) is 17.6 Å². The molecule has 1 atom stereocenters. The number of sulfonamides is 1. The highest BCUT2D eigenvalue weighted by atomic mass is 32.2. The monoisotopic (exact) mass is 452 g/mol. The van der Waals surface area contributed by atoms with E-state index in [2.05, 4.69) is 0 Å². The van der Waals surface area contributed by atoms with Gasteiger partial charge in [-0.05, 0) is 29.8 Å². The summed E-state index contributed by atoms with van der Waals surface area (Å²) in [5, 5.41) is 10.3. The molecule has 0 aromatic heterocycles. The number of hydrogen-bond acceptors (Lipinski definition) is 7. The number of hydrogen-bond donors (Lipinski definition) is 1. The summed E-state index contributed by atoms with van der Waals surface area (Å²) in [6.45, 7) is 2.45. The van der Waals surface area contributed by atoms with Crippen LogP contribution in [-0.2, 0) is 21.4 Å². The van der Waals surface area contributed by atoms with Gasteiger partial charge in [0.1, 0.15) is 10.7 Å². The average Bonchev–Trinajstić information content (AvgIpc) is 3.22. The summed E-state index contributed by atoms with van der Waals surface area (Å²) >= 11 is 0. The maximum atomic E-state index is 13.9. The maximum Gasteiger partial charge on any atom is 0.246 e. The number of nitrogens with zero attached hydrogens (tertiary/aromatic N) is 2. The van der Waals surface area contributed by atoms with Crippen LogP contribution in [0.25, 0.3) is 0 Å². The summed E-state index contributed by atoms with van der Waals surface area (Å²) in [5.41, 5.74) is 0.920. The van der Waals surface area contributed by atoms with Crippen LogP contribution in [0, 0.1) is 5.82 Å². The van der Waals surface area contributed by atoms with Gasteiger partial charge in [-0.3, -0.25) is 4.90 Å². The Labute approximate surface area is 180 Å². The fraction of sp³-hybridized carbons (Fsp3) is 0.429. The number of halogens is 1. The molecule has 1 fully saturated rings. The minimum absolute atomic E-state index is 0.155. The number of piperazine rings is 1. The van der Waals surface area contributed by atoms with Crippen LogP contribution in [0.4, 0.5) is 4.39 Å². The predicted molar refractivity (Wildman–Crippen MR) is 110 cm³/mol. The Kier molecular flexibility index (Phi) is 6.73. The second-order valence-corrected chi connectivity index (χ2v) is 9.40. The van der Waals surface area contributed by atoms with E-state index in [0.29, 0.717) is 37.7 Å². The molecule has 2 aliphatic rings. The van der Waals surface area contributed by atoms with Crippen molar-refractivity contribution in [3.05, 3.63) is 53.8 Å². The molecule has 0 unspecified atom stereocenters. The zero-order valence-corrected chi connectivity index (χ0v) is 17.8. The third kappa shape index (κ3) is 5.16. The predicted octanol–water partition coefficient (Wildman–Crippen LogP) is 1.44. The van der Waals surface area contributed by atoms with Gasteiger partial charge in [-0.1, -0.05) is 18.2 Å². The smallest absolute Gasteiger partial charge is 0.246 e. The number of benzene rings is 2. The number of rotatable bonds is 8. The Hall–Kier alpha value is -2.24. The molecule has 8 nitrogen and oxygen atoms in total. The first kappa shape index (κ1) is 22.0. The van der Waals surface area contributed by atoms with Gasteiger partial charge in [0.05, 0.1) is 19.3 Å². The van der Waals surface area contributed by atoms with Crippen LogP contribution in [0.2, 0.25) is 0 Å². The molecule has 0 bridgehead atoms. The standard InChI is InChI=1S/C21H25FN2O6S/c22-18-3-1-2-4-21(18)31(26,27)24-9-7-23(8-10-24)12-17(25)14-28-13-16-5-6-19-20(11-16)30-15-29-19/h1-6,11,17,25H,7-10,12-15H2/t17-/m0/s1. The lowest BCUT2D eigenvalue weighted by Gasteiger charge is -2.34. The molecule has 1 saturated heterocycles. The van der Waals surface area contributed by atoms with Crippen molar-refractivity contribution < 1.29 is 32.1 Å². The first-order chi connectivity index (χ1) is 14.9. The van der Waals surface area contributed by atoms with Crippen LogP contribution in [0.5, 0.6) is 11.5 Å². The normalized spacial score (nSPS) is 18.3. The molecule has 168 valence electrons. The minimum atomic E-state index is -3.87. The Bertz CT molecular complexity index is 1010.